The van der Waals surface area contributed by atoms with Gasteiger partial charge < -0.3 is 4.74 Å². The Balaban J connectivity index is 2.18. The van der Waals surface area contributed by atoms with E-state index in [4.69, 9.17) is 4.74 Å². The van der Waals surface area contributed by atoms with Crippen molar-refractivity contribution in [1.82, 2.24) is 0 Å². The molecule has 1 aromatic carbocycles. The van der Waals surface area contributed by atoms with Crippen molar-refractivity contribution in [1.29, 1.82) is 0 Å². The largest absolute Gasteiger partial charge is 0.468 e. The first kappa shape index (κ1) is 11.6. The fraction of sp³-hybridized carbons (Fsp3) is 0.267. The molecule has 0 spiro atoms. The molecular weight excluding hydrogens is 212 g/mol. The normalized spacial score (nSPS) is 26.8. The molecule has 0 amide bonds. The average molecular weight is 228 g/mol. The lowest BCUT2D eigenvalue weighted by molar-refractivity contribution is -0.145. The number of hydrogen-bond donors (Lipinski definition) is 0. The van der Waals surface area contributed by atoms with E-state index < -0.39 is 5.41 Å². The molecule has 0 aromatic heterocycles. The summed E-state index contributed by atoms with van der Waals surface area (Å²) in [4.78, 5) is 11.8. The molecule has 2 rings (SSSR count). The number of ether oxygens (including phenoxy) is 1. The van der Waals surface area contributed by atoms with Gasteiger partial charge in [-0.15, -0.1) is 6.58 Å². The lowest BCUT2D eigenvalue weighted by Crippen LogP contribution is -2.17. The highest BCUT2D eigenvalue weighted by atomic mass is 16.5. The van der Waals surface area contributed by atoms with Crippen LogP contribution < -0.4 is 0 Å². The molecule has 0 unspecified atom stereocenters. The first-order valence-electron chi connectivity index (χ1n) is 5.68. The van der Waals surface area contributed by atoms with Gasteiger partial charge in [-0.1, -0.05) is 48.6 Å². The van der Waals surface area contributed by atoms with Crippen LogP contribution in [-0.2, 0) is 9.53 Å². The second-order valence-corrected chi connectivity index (χ2v) is 4.32. The molecular formula is C15H16O2. The fourth-order valence-corrected chi connectivity index (χ4v) is 2.09. The minimum atomic E-state index is -0.480. The van der Waals surface area contributed by atoms with Crippen LogP contribution in [0.5, 0.6) is 0 Å². The van der Waals surface area contributed by atoms with Crippen LogP contribution in [0.2, 0.25) is 0 Å². The van der Waals surface area contributed by atoms with E-state index in [1.807, 2.05) is 48.6 Å². The maximum atomic E-state index is 11.8. The van der Waals surface area contributed by atoms with Crippen LogP contribution in [0.4, 0.5) is 0 Å². The van der Waals surface area contributed by atoms with Crippen molar-refractivity contribution in [2.24, 2.45) is 11.3 Å². The maximum Gasteiger partial charge on any atom is 0.316 e. The zero-order chi connectivity index (χ0) is 12.3. The number of carbonyl (C=O) groups excluding carboxylic acids is 1. The van der Waals surface area contributed by atoms with E-state index in [-0.39, 0.29) is 11.9 Å². The lowest BCUT2D eigenvalue weighted by atomic mass is 10.0. The van der Waals surface area contributed by atoms with E-state index in [2.05, 4.69) is 6.58 Å². The Morgan fingerprint density at radius 3 is 2.71 bits per heavy atom. The minimum Gasteiger partial charge on any atom is -0.468 e. The number of methoxy groups -OCH3 is 1. The van der Waals surface area contributed by atoms with Gasteiger partial charge in [0, 0.05) is 0 Å². The summed E-state index contributed by atoms with van der Waals surface area (Å²) in [5, 5.41) is 0. The smallest absolute Gasteiger partial charge is 0.316 e. The lowest BCUT2D eigenvalue weighted by Gasteiger charge is -2.08. The molecule has 0 heterocycles. The molecule has 17 heavy (non-hydrogen) atoms. The van der Waals surface area contributed by atoms with Gasteiger partial charge in [-0.25, -0.2) is 0 Å². The molecule has 0 saturated heterocycles. The third kappa shape index (κ3) is 2.16. The van der Waals surface area contributed by atoms with Crippen molar-refractivity contribution >= 4 is 12.0 Å². The number of rotatable bonds is 4. The third-order valence-electron chi connectivity index (χ3n) is 3.28. The second kappa shape index (κ2) is 4.58. The Hall–Kier alpha value is -1.83. The molecule has 1 fully saturated rings. The van der Waals surface area contributed by atoms with Crippen molar-refractivity contribution in [2.45, 2.75) is 6.42 Å². The summed E-state index contributed by atoms with van der Waals surface area (Å²) in [7, 11) is 1.43. The molecule has 0 radical (unpaired) electrons. The molecule has 2 atom stereocenters. The van der Waals surface area contributed by atoms with Crippen molar-refractivity contribution in [3.8, 4) is 0 Å². The zero-order valence-electron chi connectivity index (χ0n) is 9.93. The highest BCUT2D eigenvalue weighted by molar-refractivity contribution is 5.85. The molecule has 1 aliphatic carbocycles. The van der Waals surface area contributed by atoms with Crippen LogP contribution in [0.25, 0.3) is 6.08 Å². The van der Waals surface area contributed by atoms with E-state index in [1.54, 1.807) is 0 Å². The van der Waals surface area contributed by atoms with Gasteiger partial charge in [-0.3, -0.25) is 4.79 Å². The summed E-state index contributed by atoms with van der Waals surface area (Å²) in [6.45, 7) is 3.75. The minimum absolute atomic E-state index is 0.172. The van der Waals surface area contributed by atoms with Gasteiger partial charge in [0.25, 0.3) is 0 Å². The highest BCUT2D eigenvalue weighted by Crippen LogP contribution is 2.55. The van der Waals surface area contributed by atoms with Gasteiger partial charge in [0.1, 0.15) is 0 Å². The molecule has 0 N–H and O–H groups in total. The van der Waals surface area contributed by atoms with Gasteiger partial charge >= 0.3 is 5.97 Å². The van der Waals surface area contributed by atoms with Crippen LogP contribution in [0.1, 0.15) is 12.0 Å². The topological polar surface area (TPSA) is 26.3 Å². The van der Waals surface area contributed by atoms with Gasteiger partial charge in [0.05, 0.1) is 12.5 Å². The Morgan fingerprint density at radius 2 is 2.18 bits per heavy atom. The van der Waals surface area contributed by atoms with E-state index >= 15 is 0 Å². The first-order chi connectivity index (χ1) is 8.23. The molecule has 0 aliphatic heterocycles. The summed E-state index contributed by atoms with van der Waals surface area (Å²) < 4.78 is 4.86. The predicted molar refractivity (Wildman–Crippen MR) is 68.2 cm³/mol. The van der Waals surface area contributed by atoms with Crippen molar-refractivity contribution in [3.05, 3.63) is 54.6 Å². The van der Waals surface area contributed by atoms with Crippen LogP contribution in [0.3, 0.4) is 0 Å². The number of benzene rings is 1. The molecule has 88 valence electrons. The van der Waals surface area contributed by atoms with Crippen molar-refractivity contribution in [3.63, 3.8) is 0 Å². The number of allylic oxidation sites excluding steroid dienone is 1. The molecule has 1 saturated carbocycles. The third-order valence-corrected chi connectivity index (χ3v) is 3.28. The number of carbonyl (C=O) groups is 1. The zero-order valence-corrected chi connectivity index (χ0v) is 9.93. The van der Waals surface area contributed by atoms with Crippen molar-refractivity contribution < 1.29 is 9.53 Å². The fourth-order valence-electron chi connectivity index (χ4n) is 2.09. The predicted octanol–water partition coefficient (Wildman–Crippen LogP) is 3.07. The van der Waals surface area contributed by atoms with E-state index in [1.165, 1.54) is 7.11 Å². The standard InChI is InChI=1S/C15H16O2/c1-3-13-11-15(13,14(16)17-2)10-9-12-7-5-4-6-8-12/h3-10,13H,1,11H2,2H3/b10-9+/t13-,15-/m1/s1. The van der Waals surface area contributed by atoms with Gasteiger partial charge in [-0.05, 0) is 17.9 Å². The molecule has 1 aliphatic rings. The van der Waals surface area contributed by atoms with Crippen LogP contribution >= 0.6 is 0 Å². The monoisotopic (exact) mass is 228 g/mol. The van der Waals surface area contributed by atoms with Gasteiger partial charge in [-0.2, -0.15) is 0 Å². The quantitative estimate of drug-likeness (QED) is 0.585. The van der Waals surface area contributed by atoms with Gasteiger partial charge in [0.2, 0.25) is 0 Å². The molecule has 0 bridgehead atoms. The van der Waals surface area contributed by atoms with Crippen LogP contribution in [-0.4, -0.2) is 13.1 Å². The number of hydrogen-bond acceptors (Lipinski definition) is 2. The van der Waals surface area contributed by atoms with Gasteiger partial charge in [0.15, 0.2) is 0 Å². The summed E-state index contributed by atoms with van der Waals surface area (Å²) in [5.41, 5.74) is 0.609. The molecule has 1 aromatic rings. The Bertz CT molecular complexity index is 447. The summed E-state index contributed by atoms with van der Waals surface area (Å²) in [6, 6.07) is 9.93. The molecule has 2 heteroatoms. The summed E-state index contributed by atoms with van der Waals surface area (Å²) in [6.07, 6.45) is 6.54. The van der Waals surface area contributed by atoms with Crippen LogP contribution in [0.15, 0.2) is 49.1 Å². The van der Waals surface area contributed by atoms with E-state index in [0.717, 1.165) is 12.0 Å². The van der Waals surface area contributed by atoms with E-state index in [0.29, 0.717) is 0 Å². The Labute approximate surface area is 102 Å². The number of esters is 1. The second-order valence-electron chi connectivity index (χ2n) is 4.32. The van der Waals surface area contributed by atoms with Crippen LogP contribution in [0, 0.1) is 11.3 Å². The SMILES string of the molecule is C=C[C@@H]1C[C@@]1(/C=C/c1ccccc1)C(=O)OC. The Kier molecular flexibility index (Phi) is 3.14. The van der Waals surface area contributed by atoms with E-state index in [9.17, 15) is 4.79 Å². The average Bonchev–Trinajstić information content (AvgIpc) is 3.12. The molecule has 2 nitrogen and oxygen atoms in total. The maximum absolute atomic E-state index is 11.8. The highest BCUT2D eigenvalue weighted by Gasteiger charge is 2.57. The summed E-state index contributed by atoms with van der Waals surface area (Å²) in [5.74, 6) is 0.0319. The van der Waals surface area contributed by atoms with Crippen molar-refractivity contribution in [2.75, 3.05) is 7.11 Å². The Morgan fingerprint density at radius 1 is 1.47 bits per heavy atom. The first-order valence-corrected chi connectivity index (χ1v) is 5.68. The summed E-state index contributed by atoms with van der Waals surface area (Å²) >= 11 is 0.